The highest BCUT2D eigenvalue weighted by molar-refractivity contribution is 7.41. The Bertz CT molecular complexity index is 1450. The summed E-state index contributed by atoms with van der Waals surface area (Å²) in [5, 5.41) is 11.2. The van der Waals surface area contributed by atoms with E-state index in [1.54, 1.807) is 0 Å². The fraction of sp³-hybridized carbons (Fsp3) is 0.619. The van der Waals surface area contributed by atoms with Gasteiger partial charge >= 0.3 is 8.60 Å². The minimum Gasteiger partial charge on any atom is -0.507 e. The van der Waals surface area contributed by atoms with Gasteiger partial charge in [0, 0.05) is 11.0 Å². The van der Waals surface area contributed by atoms with Crippen molar-refractivity contribution in [3.63, 3.8) is 0 Å². The minimum atomic E-state index is -1.67. The number of rotatable bonds is 7. The summed E-state index contributed by atoms with van der Waals surface area (Å²) in [6, 6.07) is 4.36. The molecule has 1 N–H and O–H groups in total. The van der Waals surface area contributed by atoms with Gasteiger partial charge in [0.25, 0.3) is 0 Å². The van der Waals surface area contributed by atoms with Gasteiger partial charge in [-0.1, -0.05) is 133 Å². The highest BCUT2D eigenvalue weighted by atomic mass is 31.2. The summed E-state index contributed by atoms with van der Waals surface area (Å²) in [6.07, 6.45) is 12.7. The average molecular weight is 663 g/mol. The molecule has 0 aromatic heterocycles. The number of hydrogen-bond acceptors (Lipinski definition) is 4. The molecule has 1 heterocycles. The molecular formula is C42H63O4P. The van der Waals surface area contributed by atoms with Crippen LogP contribution in [0.2, 0.25) is 0 Å². The van der Waals surface area contributed by atoms with Crippen molar-refractivity contribution < 1.29 is 18.7 Å². The molecule has 260 valence electrons. The zero-order valence-corrected chi connectivity index (χ0v) is 32.9. The lowest BCUT2D eigenvalue weighted by Crippen LogP contribution is -2.31. The van der Waals surface area contributed by atoms with Crippen molar-refractivity contribution in [3.8, 4) is 5.75 Å². The summed E-state index contributed by atoms with van der Waals surface area (Å²) in [6.45, 7) is 31.6. The van der Waals surface area contributed by atoms with Gasteiger partial charge in [-0.25, -0.2) is 0 Å². The molecule has 0 bridgehead atoms. The number of aromatic hydroxyl groups is 1. The van der Waals surface area contributed by atoms with Gasteiger partial charge in [-0.2, -0.15) is 0 Å². The molecule has 47 heavy (non-hydrogen) atoms. The molecule has 3 aliphatic rings. The lowest BCUT2D eigenvalue weighted by Gasteiger charge is -2.40. The summed E-state index contributed by atoms with van der Waals surface area (Å²) in [5.41, 5.74) is 10.6. The predicted molar refractivity (Wildman–Crippen MR) is 200 cm³/mol. The molecule has 0 fully saturated rings. The maximum atomic E-state index is 11.2. The maximum absolute atomic E-state index is 11.2. The Morgan fingerprint density at radius 3 is 1.91 bits per heavy atom. The molecule has 2 unspecified atom stereocenters. The van der Waals surface area contributed by atoms with E-state index < -0.39 is 8.60 Å². The monoisotopic (exact) mass is 662 g/mol. The lowest BCUT2D eigenvalue weighted by molar-refractivity contribution is 0.138. The zero-order valence-electron chi connectivity index (χ0n) is 32.0. The van der Waals surface area contributed by atoms with Crippen LogP contribution in [0.15, 0.2) is 69.6 Å². The number of phenols is 1. The zero-order chi connectivity index (χ0) is 35.1. The van der Waals surface area contributed by atoms with Gasteiger partial charge < -0.3 is 14.2 Å². The molecule has 0 saturated carbocycles. The largest absolute Gasteiger partial charge is 0.507 e. The van der Waals surface area contributed by atoms with Gasteiger partial charge in [-0.3, -0.25) is 4.52 Å². The van der Waals surface area contributed by atoms with Gasteiger partial charge in [0.05, 0.1) is 6.61 Å². The van der Waals surface area contributed by atoms with E-state index in [2.05, 4.69) is 127 Å². The molecule has 1 aromatic carbocycles. The van der Waals surface area contributed by atoms with Gasteiger partial charge in [-0.05, 0) is 93.8 Å². The standard InChI is InChI=1S/C42H63O4P/c1-15-27-19-20-30-31-23-28(16-2)24-35(41(9,10)11)37(31)45-47(46-38(32(30)22-27)42(12,13)14)44-21-17-18-29-25-33(39(3,4)5)36(43)34(26-29)40(6,7)8/h22-26,37,43H,15-21H2,1-14H3/b31-30-,38-32?. The first-order chi connectivity index (χ1) is 21.6. The number of fused-ring (bicyclic) bond motifs is 2. The van der Waals surface area contributed by atoms with Crippen LogP contribution in [0.5, 0.6) is 5.75 Å². The number of aryl methyl sites for hydroxylation is 1. The quantitative estimate of drug-likeness (QED) is 0.233. The van der Waals surface area contributed by atoms with E-state index in [1.165, 1.54) is 39.0 Å². The first-order valence-electron chi connectivity index (χ1n) is 17.9. The normalized spacial score (nSPS) is 22.8. The van der Waals surface area contributed by atoms with Gasteiger partial charge in [-0.15, -0.1) is 0 Å². The van der Waals surface area contributed by atoms with Crippen LogP contribution < -0.4 is 0 Å². The first kappa shape index (κ1) is 37.7. The Morgan fingerprint density at radius 2 is 1.40 bits per heavy atom. The molecule has 0 radical (unpaired) electrons. The Hall–Kier alpha value is -2.13. The minimum absolute atomic E-state index is 0.0738. The van der Waals surface area contributed by atoms with Crippen molar-refractivity contribution in [1.29, 1.82) is 0 Å². The molecule has 0 spiro atoms. The third-order valence-corrected chi connectivity index (χ3v) is 10.7. The summed E-state index contributed by atoms with van der Waals surface area (Å²) < 4.78 is 20.6. The fourth-order valence-corrected chi connectivity index (χ4v) is 8.08. The van der Waals surface area contributed by atoms with Crippen molar-refractivity contribution in [3.05, 3.63) is 86.2 Å². The van der Waals surface area contributed by atoms with E-state index in [0.29, 0.717) is 12.4 Å². The van der Waals surface area contributed by atoms with E-state index in [9.17, 15) is 5.11 Å². The second-order valence-electron chi connectivity index (χ2n) is 17.8. The smallest absolute Gasteiger partial charge is 0.397 e. The van der Waals surface area contributed by atoms with Gasteiger partial charge in [0.15, 0.2) is 0 Å². The third-order valence-electron chi connectivity index (χ3n) is 9.57. The molecule has 0 amide bonds. The summed E-state index contributed by atoms with van der Waals surface area (Å²) in [4.78, 5) is 0. The predicted octanol–water partition coefficient (Wildman–Crippen LogP) is 12.6. The van der Waals surface area contributed by atoms with Crippen LogP contribution in [0.4, 0.5) is 0 Å². The fourth-order valence-electron chi connectivity index (χ4n) is 6.72. The van der Waals surface area contributed by atoms with Crippen LogP contribution in [0, 0.1) is 10.8 Å². The van der Waals surface area contributed by atoms with E-state index in [0.717, 1.165) is 55.4 Å². The van der Waals surface area contributed by atoms with Crippen molar-refractivity contribution >= 4 is 8.60 Å². The SMILES string of the molecule is CCC1=C/C2=C3\CCC(CC)=CC3=C(C(C)(C)C)OP(OCCCc3cc(C(C)(C)C)c(O)c(C(C)(C)C)c3)OC2C(C(C)(C)C)=C1. The number of phenolic OH excluding ortho intramolecular Hbond substituents is 1. The number of benzene rings is 1. The Morgan fingerprint density at radius 1 is 0.787 bits per heavy atom. The van der Waals surface area contributed by atoms with Crippen LogP contribution in [-0.4, -0.2) is 17.8 Å². The van der Waals surface area contributed by atoms with Crippen LogP contribution in [-0.2, 0) is 30.8 Å². The Balaban J connectivity index is 1.70. The van der Waals surface area contributed by atoms with Crippen molar-refractivity contribution in [2.45, 2.75) is 152 Å². The average Bonchev–Trinajstić information content (AvgIpc) is 2.94. The van der Waals surface area contributed by atoms with Gasteiger partial charge in [0.1, 0.15) is 17.6 Å². The van der Waals surface area contributed by atoms with Crippen molar-refractivity contribution in [2.75, 3.05) is 6.61 Å². The molecule has 4 nitrogen and oxygen atoms in total. The summed E-state index contributed by atoms with van der Waals surface area (Å²) in [5.74, 6) is 1.39. The summed E-state index contributed by atoms with van der Waals surface area (Å²) in [7, 11) is -1.67. The van der Waals surface area contributed by atoms with Crippen molar-refractivity contribution in [2.24, 2.45) is 10.8 Å². The van der Waals surface area contributed by atoms with Crippen LogP contribution in [0.1, 0.15) is 146 Å². The molecule has 2 aliphatic carbocycles. The second kappa shape index (κ2) is 14.0. The topological polar surface area (TPSA) is 47.9 Å². The molecule has 1 aliphatic heterocycles. The van der Waals surface area contributed by atoms with E-state index in [-0.39, 0.29) is 27.8 Å². The van der Waals surface area contributed by atoms with E-state index >= 15 is 0 Å². The third kappa shape index (κ3) is 8.73. The Kier molecular flexibility index (Phi) is 11.2. The molecular weight excluding hydrogens is 599 g/mol. The highest BCUT2D eigenvalue weighted by Crippen LogP contribution is 2.56. The Labute approximate surface area is 288 Å². The van der Waals surface area contributed by atoms with Crippen LogP contribution in [0.3, 0.4) is 0 Å². The number of allylic oxidation sites excluding steroid dienone is 7. The highest BCUT2D eigenvalue weighted by Gasteiger charge is 2.41. The lowest BCUT2D eigenvalue weighted by atomic mass is 9.73. The molecule has 5 heteroatoms. The van der Waals surface area contributed by atoms with Gasteiger partial charge in [0.2, 0.25) is 0 Å². The van der Waals surface area contributed by atoms with E-state index in [1.807, 2.05) is 0 Å². The van der Waals surface area contributed by atoms with Crippen LogP contribution in [0.25, 0.3) is 0 Å². The molecule has 4 rings (SSSR count). The number of hydrogen-bond donors (Lipinski definition) is 1. The van der Waals surface area contributed by atoms with Crippen molar-refractivity contribution in [1.82, 2.24) is 0 Å². The molecule has 1 aromatic rings. The summed E-state index contributed by atoms with van der Waals surface area (Å²) >= 11 is 0. The second-order valence-corrected chi connectivity index (χ2v) is 18.9. The molecule has 0 saturated heterocycles. The van der Waals surface area contributed by atoms with E-state index in [4.69, 9.17) is 13.6 Å². The molecule has 2 atom stereocenters. The first-order valence-corrected chi connectivity index (χ1v) is 19.0. The maximum Gasteiger partial charge on any atom is 0.397 e. The van der Waals surface area contributed by atoms with Crippen LogP contribution >= 0.6 is 8.60 Å².